The van der Waals surface area contributed by atoms with Gasteiger partial charge < -0.3 is 15.0 Å². The number of hydrogen-bond donors (Lipinski definition) is 1. The van der Waals surface area contributed by atoms with Crippen molar-refractivity contribution in [2.45, 2.75) is 52.1 Å². The molecule has 2 unspecified atom stereocenters. The molecule has 1 heterocycles. The van der Waals surface area contributed by atoms with Crippen LogP contribution in [0.25, 0.3) is 0 Å². The normalized spacial score (nSPS) is 23.7. The van der Waals surface area contributed by atoms with Gasteiger partial charge in [0, 0.05) is 12.6 Å². The molecule has 1 N–H and O–H groups in total. The molecular formula is C14H28N2O2. The highest BCUT2D eigenvalue weighted by Gasteiger charge is 2.24. The van der Waals surface area contributed by atoms with E-state index in [0.717, 1.165) is 25.6 Å². The van der Waals surface area contributed by atoms with Crippen molar-refractivity contribution >= 4 is 5.97 Å². The molecule has 1 aliphatic rings. The van der Waals surface area contributed by atoms with Gasteiger partial charge in [0.1, 0.15) is 6.04 Å². The minimum atomic E-state index is -0.205. The highest BCUT2D eigenvalue weighted by atomic mass is 16.5. The Balaban J connectivity index is 2.50. The molecule has 4 heteroatoms. The maximum Gasteiger partial charge on any atom is 0.324 e. The Kier molecular flexibility index (Phi) is 6.65. The molecule has 106 valence electrons. The molecule has 0 amide bonds. The van der Waals surface area contributed by atoms with Crippen LogP contribution in [-0.2, 0) is 9.53 Å². The predicted molar refractivity (Wildman–Crippen MR) is 73.5 cm³/mol. The zero-order valence-corrected chi connectivity index (χ0v) is 12.2. The van der Waals surface area contributed by atoms with Crippen LogP contribution in [0.1, 0.15) is 40.0 Å². The van der Waals surface area contributed by atoms with Crippen molar-refractivity contribution in [1.29, 1.82) is 0 Å². The lowest BCUT2D eigenvalue weighted by atomic mass is 10.0. The van der Waals surface area contributed by atoms with Gasteiger partial charge >= 0.3 is 5.97 Å². The van der Waals surface area contributed by atoms with E-state index in [0.29, 0.717) is 6.04 Å². The summed E-state index contributed by atoms with van der Waals surface area (Å²) in [5, 5.41) is 3.29. The van der Waals surface area contributed by atoms with E-state index in [4.69, 9.17) is 4.74 Å². The van der Waals surface area contributed by atoms with Gasteiger partial charge in [-0.05, 0) is 38.3 Å². The topological polar surface area (TPSA) is 41.6 Å². The molecule has 0 aromatic carbocycles. The van der Waals surface area contributed by atoms with E-state index in [1.807, 2.05) is 0 Å². The SMILES string of the molecule is COC(=O)C(CN1CCCC(C)CC1)NC(C)C. The van der Waals surface area contributed by atoms with E-state index in [9.17, 15) is 4.79 Å². The summed E-state index contributed by atoms with van der Waals surface area (Å²) >= 11 is 0. The predicted octanol–water partition coefficient (Wildman–Crippen LogP) is 1.65. The zero-order valence-electron chi connectivity index (χ0n) is 12.2. The molecule has 0 saturated carbocycles. The van der Waals surface area contributed by atoms with Crippen LogP contribution in [0.5, 0.6) is 0 Å². The lowest BCUT2D eigenvalue weighted by Gasteiger charge is -2.26. The smallest absolute Gasteiger partial charge is 0.324 e. The molecule has 2 atom stereocenters. The van der Waals surface area contributed by atoms with Crippen molar-refractivity contribution in [1.82, 2.24) is 10.2 Å². The Labute approximate surface area is 111 Å². The first-order valence-corrected chi connectivity index (χ1v) is 7.09. The average Bonchev–Trinajstić information content (AvgIpc) is 2.52. The van der Waals surface area contributed by atoms with Gasteiger partial charge in [-0.1, -0.05) is 20.8 Å². The Bertz CT molecular complexity index is 256. The van der Waals surface area contributed by atoms with Crippen molar-refractivity contribution in [2.24, 2.45) is 5.92 Å². The number of esters is 1. The van der Waals surface area contributed by atoms with Crippen LogP contribution in [0.4, 0.5) is 0 Å². The Morgan fingerprint density at radius 3 is 2.72 bits per heavy atom. The molecule has 1 saturated heterocycles. The molecule has 0 bridgehead atoms. The Hall–Kier alpha value is -0.610. The van der Waals surface area contributed by atoms with Crippen molar-refractivity contribution in [3.05, 3.63) is 0 Å². The van der Waals surface area contributed by atoms with Crippen molar-refractivity contribution in [2.75, 3.05) is 26.7 Å². The maximum atomic E-state index is 11.8. The number of nitrogens with zero attached hydrogens (tertiary/aromatic N) is 1. The van der Waals surface area contributed by atoms with Crippen LogP contribution >= 0.6 is 0 Å². The molecule has 4 nitrogen and oxygen atoms in total. The van der Waals surface area contributed by atoms with Gasteiger partial charge in [-0.2, -0.15) is 0 Å². The lowest BCUT2D eigenvalue weighted by Crippen LogP contribution is -2.49. The van der Waals surface area contributed by atoms with Crippen LogP contribution in [-0.4, -0.2) is 49.7 Å². The third-order valence-electron chi connectivity index (χ3n) is 3.57. The van der Waals surface area contributed by atoms with E-state index < -0.39 is 0 Å². The van der Waals surface area contributed by atoms with Crippen LogP contribution in [0.2, 0.25) is 0 Å². The minimum absolute atomic E-state index is 0.152. The second-order valence-corrected chi connectivity index (χ2v) is 5.73. The van der Waals surface area contributed by atoms with E-state index in [-0.39, 0.29) is 12.0 Å². The van der Waals surface area contributed by atoms with E-state index >= 15 is 0 Å². The summed E-state index contributed by atoms with van der Waals surface area (Å²) in [6.07, 6.45) is 3.77. The molecule has 0 aliphatic carbocycles. The van der Waals surface area contributed by atoms with E-state index in [1.165, 1.54) is 26.4 Å². The lowest BCUT2D eigenvalue weighted by molar-refractivity contribution is -0.143. The highest BCUT2D eigenvalue weighted by molar-refractivity contribution is 5.75. The van der Waals surface area contributed by atoms with Crippen molar-refractivity contribution in [3.8, 4) is 0 Å². The molecule has 18 heavy (non-hydrogen) atoms. The van der Waals surface area contributed by atoms with Gasteiger partial charge in [-0.3, -0.25) is 4.79 Å². The molecule has 1 aliphatic heterocycles. The summed E-state index contributed by atoms with van der Waals surface area (Å²) in [4.78, 5) is 14.1. The minimum Gasteiger partial charge on any atom is -0.468 e. The largest absolute Gasteiger partial charge is 0.468 e. The summed E-state index contributed by atoms with van der Waals surface area (Å²) in [5.74, 6) is 0.658. The number of hydrogen-bond acceptors (Lipinski definition) is 4. The van der Waals surface area contributed by atoms with Crippen LogP contribution in [0.3, 0.4) is 0 Å². The molecular weight excluding hydrogens is 228 g/mol. The number of carbonyl (C=O) groups is 1. The Morgan fingerprint density at radius 1 is 1.39 bits per heavy atom. The van der Waals surface area contributed by atoms with Gasteiger partial charge in [0.05, 0.1) is 7.11 Å². The summed E-state index contributed by atoms with van der Waals surface area (Å²) in [6, 6.07) is 0.0865. The quantitative estimate of drug-likeness (QED) is 0.759. The van der Waals surface area contributed by atoms with Gasteiger partial charge in [0.15, 0.2) is 0 Å². The number of carbonyl (C=O) groups excluding carboxylic acids is 1. The number of methoxy groups -OCH3 is 1. The fourth-order valence-corrected chi connectivity index (χ4v) is 2.50. The van der Waals surface area contributed by atoms with Crippen LogP contribution in [0.15, 0.2) is 0 Å². The Morgan fingerprint density at radius 2 is 2.11 bits per heavy atom. The maximum absolute atomic E-state index is 11.8. The second-order valence-electron chi connectivity index (χ2n) is 5.73. The highest BCUT2D eigenvalue weighted by Crippen LogP contribution is 2.16. The first-order valence-electron chi connectivity index (χ1n) is 7.09. The molecule has 1 fully saturated rings. The van der Waals surface area contributed by atoms with Crippen LogP contribution in [0, 0.1) is 5.92 Å². The third-order valence-corrected chi connectivity index (χ3v) is 3.57. The first-order chi connectivity index (χ1) is 8.52. The molecule has 0 aromatic heterocycles. The first kappa shape index (κ1) is 15.4. The fraction of sp³-hybridized carbons (Fsp3) is 0.929. The van der Waals surface area contributed by atoms with Crippen molar-refractivity contribution in [3.63, 3.8) is 0 Å². The van der Waals surface area contributed by atoms with Crippen LogP contribution < -0.4 is 5.32 Å². The van der Waals surface area contributed by atoms with E-state index in [2.05, 4.69) is 31.0 Å². The summed E-state index contributed by atoms with van der Waals surface area (Å²) in [7, 11) is 1.46. The summed E-state index contributed by atoms with van der Waals surface area (Å²) < 4.78 is 4.88. The molecule has 0 aromatic rings. The average molecular weight is 256 g/mol. The number of nitrogens with one attached hydrogen (secondary N) is 1. The van der Waals surface area contributed by atoms with Gasteiger partial charge in [0.25, 0.3) is 0 Å². The standard InChI is InChI=1S/C14H28N2O2/c1-11(2)15-13(14(17)18-4)10-16-8-5-6-12(3)7-9-16/h11-13,15H,5-10H2,1-4H3. The molecule has 0 spiro atoms. The van der Waals surface area contributed by atoms with Gasteiger partial charge in [-0.25, -0.2) is 0 Å². The van der Waals surface area contributed by atoms with Gasteiger partial charge in [-0.15, -0.1) is 0 Å². The summed E-state index contributed by atoms with van der Waals surface area (Å²) in [5.41, 5.74) is 0. The molecule has 0 radical (unpaired) electrons. The van der Waals surface area contributed by atoms with E-state index in [1.54, 1.807) is 0 Å². The number of likely N-dealkylation sites (tertiary alicyclic amines) is 1. The number of rotatable bonds is 5. The second kappa shape index (κ2) is 7.74. The zero-order chi connectivity index (χ0) is 13.5. The third kappa shape index (κ3) is 5.36. The van der Waals surface area contributed by atoms with Crippen molar-refractivity contribution < 1.29 is 9.53 Å². The fourth-order valence-electron chi connectivity index (χ4n) is 2.50. The van der Waals surface area contributed by atoms with Gasteiger partial charge in [0.2, 0.25) is 0 Å². The number of ether oxygens (including phenoxy) is 1. The summed E-state index contributed by atoms with van der Waals surface area (Å²) in [6.45, 7) is 9.37. The monoisotopic (exact) mass is 256 g/mol. The molecule has 1 rings (SSSR count).